The van der Waals surface area contributed by atoms with Crippen LogP contribution in [0.3, 0.4) is 0 Å². The molecule has 1 aliphatic rings. The van der Waals surface area contributed by atoms with E-state index in [1.165, 1.54) is 12.8 Å². The molecule has 0 saturated heterocycles. The predicted molar refractivity (Wildman–Crippen MR) is 79.3 cm³/mol. The molecule has 100 valence electrons. The molecule has 0 amide bonds. The number of anilines is 1. The summed E-state index contributed by atoms with van der Waals surface area (Å²) >= 11 is 6.41. The van der Waals surface area contributed by atoms with Gasteiger partial charge in [0, 0.05) is 19.1 Å². The molecule has 2 N–H and O–H groups in total. The Morgan fingerprint density at radius 2 is 2.17 bits per heavy atom. The number of halogens is 1. The minimum atomic E-state index is 0.0413. The molecule has 3 heteroatoms. The van der Waals surface area contributed by atoms with Crippen LogP contribution < -0.4 is 10.6 Å². The van der Waals surface area contributed by atoms with E-state index < -0.39 is 0 Å². The van der Waals surface area contributed by atoms with Gasteiger partial charge in [-0.05, 0) is 49.8 Å². The van der Waals surface area contributed by atoms with Crippen molar-refractivity contribution >= 4 is 17.3 Å². The highest BCUT2D eigenvalue weighted by Gasteiger charge is 2.25. The van der Waals surface area contributed by atoms with E-state index in [0.717, 1.165) is 41.7 Å². The highest BCUT2D eigenvalue weighted by Crippen LogP contribution is 2.34. The average molecular weight is 267 g/mol. The summed E-state index contributed by atoms with van der Waals surface area (Å²) in [7, 11) is 0. The Hall–Kier alpha value is -0.730. The Morgan fingerprint density at radius 3 is 2.67 bits per heavy atom. The van der Waals surface area contributed by atoms with Crippen LogP contribution >= 0.6 is 11.6 Å². The van der Waals surface area contributed by atoms with Gasteiger partial charge in [-0.1, -0.05) is 24.6 Å². The molecule has 0 bridgehead atoms. The fourth-order valence-corrected chi connectivity index (χ4v) is 2.56. The van der Waals surface area contributed by atoms with Crippen LogP contribution in [-0.4, -0.2) is 13.1 Å². The maximum Gasteiger partial charge on any atom is 0.0642 e. The van der Waals surface area contributed by atoms with Crippen LogP contribution in [-0.2, 0) is 0 Å². The normalized spacial score (nSPS) is 16.7. The topological polar surface area (TPSA) is 29.3 Å². The zero-order valence-corrected chi connectivity index (χ0v) is 12.1. The van der Waals surface area contributed by atoms with Crippen molar-refractivity contribution in [3.8, 4) is 0 Å². The van der Waals surface area contributed by atoms with Gasteiger partial charge in [0.1, 0.15) is 0 Å². The Labute approximate surface area is 115 Å². The highest BCUT2D eigenvalue weighted by atomic mass is 35.5. The predicted octanol–water partition coefficient (Wildman–Crippen LogP) is 3.99. The molecule has 1 aromatic carbocycles. The first-order valence-electron chi connectivity index (χ1n) is 6.91. The van der Waals surface area contributed by atoms with E-state index in [1.54, 1.807) is 0 Å². The highest BCUT2D eigenvalue weighted by molar-refractivity contribution is 6.33. The molecular weight excluding hydrogens is 244 g/mol. The fraction of sp³-hybridized carbons (Fsp3) is 0.600. The molecule has 0 unspecified atom stereocenters. The molecule has 1 saturated carbocycles. The van der Waals surface area contributed by atoms with Crippen LogP contribution in [0, 0.1) is 5.92 Å². The van der Waals surface area contributed by atoms with Gasteiger partial charge < -0.3 is 10.6 Å². The maximum atomic E-state index is 6.41. The SMILES string of the molecule is CCCN(CC1CC1)c1ccc([C@H](C)N)cc1Cl. The van der Waals surface area contributed by atoms with E-state index in [0.29, 0.717) is 0 Å². The zero-order valence-electron chi connectivity index (χ0n) is 11.3. The molecule has 2 nitrogen and oxygen atoms in total. The van der Waals surface area contributed by atoms with Crippen molar-refractivity contribution in [2.45, 2.75) is 39.2 Å². The number of nitrogens with two attached hydrogens (primary N) is 1. The van der Waals surface area contributed by atoms with E-state index in [2.05, 4.69) is 24.0 Å². The first kappa shape index (κ1) is 13.7. The molecule has 0 spiro atoms. The summed E-state index contributed by atoms with van der Waals surface area (Å²) < 4.78 is 0. The number of benzene rings is 1. The first-order valence-corrected chi connectivity index (χ1v) is 7.29. The summed E-state index contributed by atoms with van der Waals surface area (Å²) in [6, 6.07) is 6.28. The summed E-state index contributed by atoms with van der Waals surface area (Å²) in [5, 5.41) is 0.832. The molecule has 0 aliphatic heterocycles. The fourth-order valence-electron chi connectivity index (χ4n) is 2.25. The van der Waals surface area contributed by atoms with Crippen LogP contribution in [0.25, 0.3) is 0 Å². The van der Waals surface area contributed by atoms with Gasteiger partial charge >= 0.3 is 0 Å². The van der Waals surface area contributed by atoms with Crippen molar-refractivity contribution in [3.05, 3.63) is 28.8 Å². The Bertz CT molecular complexity index is 399. The smallest absolute Gasteiger partial charge is 0.0642 e. The Kier molecular flexibility index (Phi) is 4.52. The summed E-state index contributed by atoms with van der Waals surface area (Å²) in [6.07, 6.45) is 3.89. The van der Waals surface area contributed by atoms with Crippen molar-refractivity contribution in [2.24, 2.45) is 11.7 Å². The quantitative estimate of drug-likeness (QED) is 0.844. The van der Waals surface area contributed by atoms with Crippen molar-refractivity contribution in [1.82, 2.24) is 0 Å². The molecular formula is C15H23ClN2. The molecule has 0 heterocycles. The van der Waals surface area contributed by atoms with Gasteiger partial charge in [-0.25, -0.2) is 0 Å². The van der Waals surface area contributed by atoms with Gasteiger partial charge in [0.2, 0.25) is 0 Å². The third-order valence-corrected chi connectivity index (χ3v) is 3.81. The molecule has 0 radical (unpaired) electrons. The molecule has 1 fully saturated rings. The molecule has 18 heavy (non-hydrogen) atoms. The standard InChI is InChI=1S/C15H23ClN2/c1-3-8-18(10-12-4-5-12)15-7-6-13(11(2)17)9-14(15)16/h6-7,9,11-12H,3-5,8,10,17H2,1-2H3/t11-/m0/s1. The van der Waals surface area contributed by atoms with Crippen LogP contribution in [0.2, 0.25) is 5.02 Å². The van der Waals surface area contributed by atoms with Crippen LogP contribution in [0.5, 0.6) is 0 Å². The van der Waals surface area contributed by atoms with E-state index in [1.807, 2.05) is 13.0 Å². The summed E-state index contributed by atoms with van der Waals surface area (Å²) in [5.74, 6) is 0.876. The van der Waals surface area contributed by atoms with E-state index >= 15 is 0 Å². The first-order chi connectivity index (χ1) is 8.61. The third-order valence-electron chi connectivity index (χ3n) is 3.51. The lowest BCUT2D eigenvalue weighted by Gasteiger charge is -2.26. The monoisotopic (exact) mass is 266 g/mol. The number of nitrogens with zero attached hydrogens (tertiary/aromatic N) is 1. The van der Waals surface area contributed by atoms with Gasteiger partial charge in [0.15, 0.2) is 0 Å². The third kappa shape index (κ3) is 3.39. The summed E-state index contributed by atoms with van der Waals surface area (Å²) in [5.41, 5.74) is 8.15. The van der Waals surface area contributed by atoms with Gasteiger partial charge in [-0.2, -0.15) is 0 Å². The van der Waals surface area contributed by atoms with Crippen molar-refractivity contribution in [1.29, 1.82) is 0 Å². The zero-order chi connectivity index (χ0) is 13.1. The van der Waals surface area contributed by atoms with Crippen LogP contribution in [0.15, 0.2) is 18.2 Å². The number of hydrogen-bond donors (Lipinski definition) is 1. The molecule has 2 rings (SSSR count). The lowest BCUT2D eigenvalue weighted by Crippen LogP contribution is -2.26. The molecule has 1 aliphatic carbocycles. The lowest BCUT2D eigenvalue weighted by atomic mass is 10.1. The van der Waals surface area contributed by atoms with Gasteiger partial charge in [-0.3, -0.25) is 0 Å². The molecule has 0 aromatic heterocycles. The average Bonchev–Trinajstić information content (AvgIpc) is 3.12. The van der Waals surface area contributed by atoms with Crippen molar-refractivity contribution in [2.75, 3.05) is 18.0 Å². The lowest BCUT2D eigenvalue weighted by molar-refractivity contribution is 0.707. The second-order valence-electron chi connectivity index (χ2n) is 5.39. The van der Waals surface area contributed by atoms with Crippen molar-refractivity contribution < 1.29 is 0 Å². The number of hydrogen-bond acceptors (Lipinski definition) is 2. The maximum absolute atomic E-state index is 6.41. The largest absolute Gasteiger partial charge is 0.370 e. The van der Waals surface area contributed by atoms with Gasteiger partial charge in [0.05, 0.1) is 10.7 Å². The minimum absolute atomic E-state index is 0.0413. The minimum Gasteiger partial charge on any atom is -0.370 e. The van der Waals surface area contributed by atoms with E-state index in [-0.39, 0.29) is 6.04 Å². The van der Waals surface area contributed by atoms with Gasteiger partial charge in [-0.15, -0.1) is 0 Å². The Morgan fingerprint density at radius 1 is 1.44 bits per heavy atom. The Balaban J connectivity index is 2.17. The summed E-state index contributed by atoms with van der Waals surface area (Å²) in [6.45, 7) is 6.42. The summed E-state index contributed by atoms with van der Waals surface area (Å²) in [4.78, 5) is 2.42. The van der Waals surface area contributed by atoms with Crippen LogP contribution in [0.1, 0.15) is 44.7 Å². The van der Waals surface area contributed by atoms with E-state index in [9.17, 15) is 0 Å². The molecule has 1 aromatic rings. The van der Waals surface area contributed by atoms with E-state index in [4.69, 9.17) is 17.3 Å². The molecule has 1 atom stereocenters. The van der Waals surface area contributed by atoms with Gasteiger partial charge in [0.25, 0.3) is 0 Å². The van der Waals surface area contributed by atoms with Crippen molar-refractivity contribution in [3.63, 3.8) is 0 Å². The number of rotatable bonds is 6. The second-order valence-corrected chi connectivity index (χ2v) is 5.80. The van der Waals surface area contributed by atoms with Crippen LogP contribution in [0.4, 0.5) is 5.69 Å². The second kappa shape index (κ2) is 5.94.